The number of fused-ring (bicyclic) bond motifs is 2. The highest BCUT2D eigenvalue weighted by Crippen LogP contribution is 2.58. The summed E-state index contributed by atoms with van der Waals surface area (Å²) in [5.74, 6) is -2.03. The van der Waals surface area contributed by atoms with E-state index in [-0.39, 0.29) is 17.2 Å². The second-order valence-corrected chi connectivity index (χ2v) is 6.20. The number of primary amides is 1. The van der Waals surface area contributed by atoms with Gasteiger partial charge in [0, 0.05) is 0 Å². The van der Waals surface area contributed by atoms with E-state index in [4.69, 9.17) is 20.7 Å². The Bertz CT molecular complexity index is 669. The summed E-state index contributed by atoms with van der Waals surface area (Å²) in [6, 6.07) is 0. The average molecular weight is 307 g/mol. The number of aromatic nitrogens is 1. The summed E-state index contributed by atoms with van der Waals surface area (Å²) >= 11 is 0. The van der Waals surface area contributed by atoms with E-state index in [1.54, 1.807) is 0 Å². The molecule has 118 valence electrons. The van der Waals surface area contributed by atoms with Gasteiger partial charge in [0.2, 0.25) is 5.91 Å². The van der Waals surface area contributed by atoms with Gasteiger partial charge in [-0.1, -0.05) is 5.16 Å². The highest BCUT2D eigenvalue weighted by atomic mass is 16.6. The molecule has 0 saturated heterocycles. The highest BCUT2D eigenvalue weighted by molar-refractivity contribution is 6.02. The molecule has 0 aromatic carbocycles. The van der Waals surface area contributed by atoms with Crippen LogP contribution in [0.1, 0.15) is 41.8 Å². The first-order valence-electron chi connectivity index (χ1n) is 7.07. The molecule has 3 rings (SSSR count). The monoisotopic (exact) mass is 307 g/mol. The number of amides is 1. The van der Waals surface area contributed by atoms with Crippen molar-refractivity contribution in [2.45, 2.75) is 38.1 Å². The lowest BCUT2D eigenvalue weighted by Gasteiger charge is -2.39. The Kier molecular flexibility index (Phi) is 3.10. The van der Waals surface area contributed by atoms with Crippen molar-refractivity contribution >= 4 is 17.8 Å². The summed E-state index contributed by atoms with van der Waals surface area (Å²) in [4.78, 5) is 36.4. The third kappa shape index (κ3) is 1.80. The molecule has 0 spiro atoms. The van der Waals surface area contributed by atoms with E-state index < -0.39 is 28.8 Å². The third-order valence-electron chi connectivity index (χ3n) is 5.07. The van der Waals surface area contributed by atoms with Gasteiger partial charge in [0.05, 0.1) is 11.6 Å². The molecular weight excluding hydrogens is 290 g/mol. The molecule has 1 heterocycles. The Labute approximate surface area is 126 Å². The van der Waals surface area contributed by atoms with Crippen LogP contribution in [0.15, 0.2) is 10.7 Å². The van der Waals surface area contributed by atoms with Gasteiger partial charge in [-0.15, -0.1) is 0 Å². The van der Waals surface area contributed by atoms with Gasteiger partial charge in [0.25, 0.3) is 0 Å². The normalized spacial score (nSPS) is 32.9. The minimum Gasteiger partial charge on any atom is -0.388 e. The molecular formula is C14H17N3O5. The van der Waals surface area contributed by atoms with Gasteiger partial charge in [0.15, 0.2) is 0 Å². The Morgan fingerprint density at radius 3 is 2.68 bits per heavy atom. The summed E-state index contributed by atoms with van der Waals surface area (Å²) in [5, 5.41) is 3.45. The summed E-state index contributed by atoms with van der Waals surface area (Å²) in [6.45, 7) is 1.52. The number of carbonyl (C=O) groups is 3. The summed E-state index contributed by atoms with van der Waals surface area (Å²) in [5.41, 5.74) is 9.06. The number of hydrogen-bond donors (Lipinski definition) is 2. The maximum atomic E-state index is 12.5. The van der Waals surface area contributed by atoms with Crippen LogP contribution in [0, 0.1) is 18.3 Å². The van der Waals surface area contributed by atoms with E-state index >= 15 is 0 Å². The zero-order valence-electron chi connectivity index (χ0n) is 12.1. The van der Waals surface area contributed by atoms with Gasteiger partial charge in [-0.2, -0.15) is 0 Å². The first kappa shape index (κ1) is 14.7. The molecule has 2 aliphatic carbocycles. The molecule has 3 unspecified atom stereocenters. The second-order valence-electron chi connectivity index (χ2n) is 6.20. The fourth-order valence-corrected chi connectivity index (χ4v) is 3.82. The van der Waals surface area contributed by atoms with Crippen molar-refractivity contribution in [2.75, 3.05) is 0 Å². The average Bonchev–Trinajstić information content (AvgIpc) is 3.12. The van der Waals surface area contributed by atoms with E-state index in [9.17, 15) is 14.4 Å². The van der Waals surface area contributed by atoms with Crippen LogP contribution >= 0.6 is 0 Å². The number of aryl methyl sites for hydroxylation is 1. The first-order chi connectivity index (χ1) is 10.3. The second kappa shape index (κ2) is 4.64. The molecule has 1 aromatic heterocycles. The van der Waals surface area contributed by atoms with Crippen molar-refractivity contribution in [1.82, 2.24) is 5.16 Å². The number of hydrogen-bond acceptors (Lipinski definition) is 7. The van der Waals surface area contributed by atoms with Crippen LogP contribution in [-0.2, 0) is 14.3 Å². The van der Waals surface area contributed by atoms with Crippen LogP contribution in [0.25, 0.3) is 0 Å². The van der Waals surface area contributed by atoms with Crippen LogP contribution in [0.2, 0.25) is 0 Å². The molecule has 2 bridgehead atoms. The lowest BCUT2D eigenvalue weighted by Crippen LogP contribution is -2.63. The summed E-state index contributed by atoms with van der Waals surface area (Å²) < 4.78 is 9.64. The van der Waals surface area contributed by atoms with Gasteiger partial charge in [0.1, 0.15) is 16.9 Å². The molecule has 3 atom stereocenters. The smallest absolute Gasteiger partial charge is 0.351 e. The van der Waals surface area contributed by atoms with E-state index in [1.807, 2.05) is 0 Å². The molecule has 0 radical (unpaired) electrons. The molecule has 1 aromatic rings. The molecule has 8 nitrogen and oxygen atoms in total. The van der Waals surface area contributed by atoms with Gasteiger partial charge in [-0.05, 0) is 38.5 Å². The fourth-order valence-electron chi connectivity index (χ4n) is 3.82. The van der Waals surface area contributed by atoms with E-state index in [0.29, 0.717) is 19.3 Å². The standard InChI is InChI=1S/C14H17N3O5/c1-7-9(6-17-22-7)10(18)21-12(20)14(16)5-8-2-3-13(14,4-8)11(15)19/h6,8H,2-5,16H2,1H3,(H2,15,19). The number of rotatable bonds is 3. The van der Waals surface area contributed by atoms with E-state index in [2.05, 4.69) is 5.16 Å². The van der Waals surface area contributed by atoms with E-state index in [1.165, 1.54) is 13.1 Å². The minimum absolute atomic E-state index is 0.0493. The topological polar surface area (TPSA) is 139 Å². The van der Waals surface area contributed by atoms with Crippen molar-refractivity contribution < 1.29 is 23.6 Å². The van der Waals surface area contributed by atoms with Crippen molar-refractivity contribution in [3.63, 3.8) is 0 Å². The van der Waals surface area contributed by atoms with Gasteiger partial charge in [-0.3, -0.25) is 4.79 Å². The van der Waals surface area contributed by atoms with Gasteiger partial charge in [-0.25, -0.2) is 9.59 Å². The Morgan fingerprint density at radius 2 is 2.14 bits per heavy atom. The molecule has 8 heteroatoms. The van der Waals surface area contributed by atoms with Crippen molar-refractivity contribution in [3.8, 4) is 0 Å². The third-order valence-corrected chi connectivity index (χ3v) is 5.07. The molecule has 2 saturated carbocycles. The van der Waals surface area contributed by atoms with E-state index in [0.717, 1.165) is 6.42 Å². The number of nitrogens with zero attached hydrogens (tertiary/aromatic N) is 1. The van der Waals surface area contributed by atoms with Crippen molar-refractivity contribution in [3.05, 3.63) is 17.5 Å². The van der Waals surface area contributed by atoms with Gasteiger partial charge < -0.3 is 20.7 Å². The first-order valence-corrected chi connectivity index (χ1v) is 7.07. The number of esters is 2. The quantitative estimate of drug-likeness (QED) is 0.593. The summed E-state index contributed by atoms with van der Waals surface area (Å²) in [6.07, 6.45) is 3.17. The number of nitrogens with two attached hydrogens (primary N) is 2. The lowest BCUT2D eigenvalue weighted by molar-refractivity contribution is -0.154. The van der Waals surface area contributed by atoms with Crippen LogP contribution in [-0.4, -0.2) is 28.5 Å². The molecule has 2 fully saturated rings. The highest BCUT2D eigenvalue weighted by Gasteiger charge is 2.67. The minimum atomic E-state index is -1.55. The Balaban J connectivity index is 1.84. The maximum absolute atomic E-state index is 12.5. The van der Waals surface area contributed by atoms with Crippen LogP contribution < -0.4 is 11.5 Å². The summed E-state index contributed by atoms with van der Waals surface area (Å²) in [7, 11) is 0. The van der Waals surface area contributed by atoms with Crippen molar-refractivity contribution in [1.29, 1.82) is 0 Å². The zero-order chi connectivity index (χ0) is 16.1. The van der Waals surface area contributed by atoms with Crippen LogP contribution in [0.3, 0.4) is 0 Å². The van der Waals surface area contributed by atoms with Crippen LogP contribution in [0.4, 0.5) is 0 Å². The molecule has 1 amide bonds. The Hall–Kier alpha value is -2.22. The number of carbonyl (C=O) groups excluding carboxylic acids is 3. The Morgan fingerprint density at radius 1 is 1.41 bits per heavy atom. The molecule has 4 N–H and O–H groups in total. The largest absolute Gasteiger partial charge is 0.388 e. The predicted octanol–water partition coefficient (Wildman–Crippen LogP) is 0.0394. The zero-order valence-corrected chi connectivity index (χ0v) is 12.1. The van der Waals surface area contributed by atoms with Crippen LogP contribution in [0.5, 0.6) is 0 Å². The van der Waals surface area contributed by atoms with Gasteiger partial charge >= 0.3 is 11.9 Å². The fraction of sp³-hybridized carbons (Fsp3) is 0.571. The van der Waals surface area contributed by atoms with Crippen molar-refractivity contribution in [2.24, 2.45) is 22.8 Å². The SMILES string of the molecule is Cc1oncc1C(=O)OC(=O)C1(N)CC2CCC1(C(N)=O)C2. The number of ether oxygens (including phenoxy) is 1. The molecule has 2 aliphatic rings. The maximum Gasteiger partial charge on any atom is 0.351 e. The molecule has 22 heavy (non-hydrogen) atoms. The predicted molar refractivity (Wildman–Crippen MR) is 72.2 cm³/mol. The molecule has 0 aliphatic heterocycles. The lowest BCUT2D eigenvalue weighted by atomic mass is 9.68.